The summed E-state index contributed by atoms with van der Waals surface area (Å²) < 4.78 is 10.2. The van der Waals surface area contributed by atoms with Gasteiger partial charge in [-0.2, -0.15) is 0 Å². The van der Waals surface area contributed by atoms with E-state index in [-0.39, 0.29) is 12.5 Å². The Balaban J connectivity index is 2.03. The first-order valence-electron chi connectivity index (χ1n) is 7.18. The molecule has 23 heavy (non-hydrogen) atoms. The zero-order valence-electron chi connectivity index (χ0n) is 13.4. The Bertz CT molecular complexity index is 725. The van der Waals surface area contributed by atoms with Crippen LogP contribution in [0.1, 0.15) is 21.5 Å². The van der Waals surface area contributed by atoms with Crippen molar-refractivity contribution in [3.8, 4) is 5.75 Å². The Morgan fingerprint density at radius 1 is 1.09 bits per heavy atom. The molecule has 0 heterocycles. The van der Waals surface area contributed by atoms with Crippen molar-refractivity contribution in [3.05, 3.63) is 59.2 Å². The minimum Gasteiger partial charge on any atom is -0.483 e. The van der Waals surface area contributed by atoms with Gasteiger partial charge in [0.05, 0.1) is 18.4 Å². The van der Waals surface area contributed by atoms with E-state index in [1.54, 1.807) is 24.3 Å². The number of aryl methyl sites for hydroxylation is 2. The quantitative estimate of drug-likeness (QED) is 0.861. The van der Waals surface area contributed by atoms with Crippen LogP contribution < -0.4 is 10.1 Å². The second kappa shape index (κ2) is 7.45. The van der Waals surface area contributed by atoms with Crippen molar-refractivity contribution in [2.24, 2.45) is 0 Å². The highest BCUT2D eigenvalue weighted by atomic mass is 16.5. The molecule has 2 aromatic rings. The standard InChI is InChI=1S/C18H19NO4/c1-12-8-9-13(2)16(10-12)23-11-17(20)19-15-7-5-4-6-14(15)18(21)22-3/h4-10H,11H2,1-3H3,(H,19,20). The molecule has 2 aromatic carbocycles. The third-order valence-electron chi connectivity index (χ3n) is 3.31. The van der Waals surface area contributed by atoms with Crippen molar-refractivity contribution >= 4 is 17.6 Å². The first-order chi connectivity index (χ1) is 11.0. The smallest absolute Gasteiger partial charge is 0.339 e. The second-order valence-corrected chi connectivity index (χ2v) is 5.14. The number of rotatable bonds is 5. The second-order valence-electron chi connectivity index (χ2n) is 5.14. The summed E-state index contributed by atoms with van der Waals surface area (Å²) in [6, 6.07) is 12.5. The first kappa shape index (κ1) is 16.5. The maximum Gasteiger partial charge on any atom is 0.339 e. The van der Waals surface area contributed by atoms with Gasteiger partial charge in [0.15, 0.2) is 6.61 Å². The van der Waals surface area contributed by atoms with E-state index in [0.29, 0.717) is 17.0 Å². The van der Waals surface area contributed by atoms with Crippen LogP contribution in [-0.2, 0) is 9.53 Å². The lowest BCUT2D eigenvalue weighted by molar-refractivity contribution is -0.118. The van der Waals surface area contributed by atoms with Crippen molar-refractivity contribution < 1.29 is 19.1 Å². The molecule has 1 amide bonds. The number of anilines is 1. The summed E-state index contributed by atoms with van der Waals surface area (Å²) in [6.07, 6.45) is 0. The predicted molar refractivity (Wildman–Crippen MR) is 87.8 cm³/mol. The highest BCUT2D eigenvalue weighted by Gasteiger charge is 2.13. The van der Waals surface area contributed by atoms with Crippen LogP contribution >= 0.6 is 0 Å². The Kier molecular flexibility index (Phi) is 5.36. The number of hydrogen-bond donors (Lipinski definition) is 1. The molecule has 0 spiro atoms. The average Bonchev–Trinajstić information content (AvgIpc) is 2.55. The van der Waals surface area contributed by atoms with Gasteiger partial charge in [-0.1, -0.05) is 24.3 Å². The zero-order chi connectivity index (χ0) is 16.8. The molecule has 0 atom stereocenters. The molecule has 0 aliphatic heterocycles. The number of para-hydroxylation sites is 1. The normalized spacial score (nSPS) is 10.0. The van der Waals surface area contributed by atoms with Gasteiger partial charge in [-0.25, -0.2) is 4.79 Å². The van der Waals surface area contributed by atoms with Gasteiger partial charge in [0.2, 0.25) is 0 Å². The molecule has 0 unspecified atom stereocenters. The van der Waals surface area contributed by atoms with Crippen molar-refractivity contribution in [2.45, 2.75) is 13.8 Å². The number of methoxy groups -OCH3 is 1. The molecular formula is C18H19NO4. The fraction of sp³-hybridized carbons (Fsp3) is 0.222. The average molecular weight is 313 g/mol. The molecule has 0 aliphatic rings. The first-order valence-corrected chi connectivity index (χ1v) is 7.18. The summed E-state index contributed by atoms with van der Waals surface area (Å²) in [6.45, 7) is 3.73. The van der Waals surface area contributed by atoms with E-state index >= 15 is 0 Å². The SMILES string of the molecule is COC(=O)c1ccccc1NC(=O)COc1cc(C)ccc1C. The van der Waals surface area contributed by atoms with Gasteiger partial charge < -0.3 is 14.8 Å². The Morgan fingerprint density at radius 3 is 2.57 bits per heavy atom. The van der Waals surface area contributed by atoms with E-state index in [0.717, 1.165) is 11.1 Å². The number of benzene rings is 2. The number of amides is 1. The van der Waals surface area contributed by atoms with Gasteiger partial charge in [0, 0.05) is 0 Å². The summed E-state index contributed by atoms with van der Waals surface area (Å²) in [5, 5.41) is 2.67. The highest BCUT2D eigenvalue weighted by Crippen LogP contribution is 2.19. The minimum absolute atomic E-state index is 0.139. The van der Waals surface area contributed by atoms with Crippen molar-refractivity contribution in [1.82, 2.24) is 0 Å². The molecular weight excluding hydrogens is 294 g/mol. The van der Waals surface area contributed by atoms with Crippen LogP contribution in [-0.4, -0.2) is 25.6 Å². The monoisotopic (exact) mass is 313 g/mol. The topological polar surface area (TPSA) is 64.6 Å². The van der Waals surface area contributed by atoms with Crippen molar-refractivity contribution in [1.29, 1.82) is 0 Å². The third kappa shape index (κ3) is 4.32. The fourth-order valence-electron chi connectivity index (χ4n) is 2.07. The number of hydrogen-bond acceptors (Lipinski definition) is 4. The molecule has 2 rings (SSSR count). The van der Waals surface area contributed by atoms with Crippen LogP contribution in [0.25, 0.3) is 0 Å². The van der Waals surface area contributed by atoms with E-state index in [2.05, 4.69) is 5.32 Å². The van der Waals surface area contributed by atoms with Crippen molar-refractivity contribution in [2.75, 3.05) is 19.0 Å². The largest absolute Gasteiger partial charge is 0.483 e. The molecule has 0 saturated heterocycles. The molecule has 0 aliphatic carbocycles. The van der Waals surface area contributed by atoms with Crippen LogP contribution in [0.5, 0.6) is 5.75 Å². The summed E-state index contributed by atoms with van der Waals surface area (Å²) in [4.78, 5) is 23.7. The summed E-state index contributed by atoms with van der Waals surface area (Å²) >= 11 is 0. The van der Waals surface area contributed by atoms with Crippen LogP contribution in [0.4, 0.5) is 5.69 Å². The van der Waals surface area contributed by atoms with E-state index in [4.69, 9.17) is 9.47 Å². The van der Waals surface area contributed by atoms with Gasteiger partial charge in [-0.15, -0.1) is 0 Å². The molecule has 5 nitrogen and oxygen atoms in total. The molecule has 5 heteroatoms. The Labute approximate surface area is 135 Å². The molecule has 1 N–H and O–H groups in total. The number of nitrogens with one attached hydrogen (secondary N) is 1. The molecule has 0 bridgehead atoms. The van der Waals surface area contributed by atoms with Gasteiger partial charge in [0.25, 0.3) is 5.91 Å². The summed E-state index contributed by atoms with van der Waals surface area (Å²) in [7, 11) is 1.30. The fourth-order valence-corrected chi connectivity index (χ4v) is 2.07. The molecule has 120 valence electrons. The lowest BCUT2D eigenvalue weighted by atomic mass is 10.1. The number of carbonyl (C=O) groups excluding carboxylic acids is 2. The van der Waals surface area contributed by atoms with E-state index in [1.165, 1.54) is 7.11 Å². The predicted octanol–water partition coefficient (Wildman–Crippen LogP) is 3.11. The summed E-state index contributed by atoms with van der Waals surface area (Å²) in [5.41, 5.74) is 2.71. The number of esters is 1. The third-order valence-corrected chi connectivity index (χ3v) is 3.31. The van der Waals surface area contributed by atoms with Crippen LogP contribution in [0.3, 0.4) is 0 Å². The lowest BCUT2D eigenvalue weighted by Crippen LogP contribution is -2.22. The van der Waals surface area contributed by atoms with Gasteiger partial charge in [-0.05, 0) is 43.2 Å². The summed E-state index contributed by atoms with van der Waals surface area (Å²) in [5.74, 6) is -0.181. The zero-order valence-corrected chi connectivity index (χ0v) is 13.4. The van der Waals surface area contributed by atoms with Crippen molar-refractivity contribution in [3.63, 3.8) is 0 Å². The molecule has 0 fully saturated rings. The molecule has 0 radical (unpaired) electrons. The lowest BCUT2D eigenvalue weighted by Gasteiger charge is -2.12. The van der Waals surface area contributed by atoms with Gasteiger partial charge in [-0.3, -0.25) is 4.79 Å². The maximum atomic E-state index is 12.1. The van der Waals surface area contributed by atoms with Crippen LogP contribution in [0, 0.1) is 13.8 Å². The van der Waals surface area contributed by atoms with Gasteiger partial charge >= 0.3 is 5.97 Å². The maximum absolute atomic E-state index is 12.1. The van der Waals surface area contributed by atoms with E-state index < -0.39 is 5.97 Å². The van der Waals surface area contributed by atoms with E-state index in [9.17, 15) is 9.59 Å². The number of carbonyl (C=O) groups is 2. The Hall–Kier alpha value is -2.82. The molecule has 0 saturated carbocycles. The molecule has 0 aromatic heterocycles. The van der Waals surface area contributed by atoms with E-state index in [1.807, 2.05) is 32.0 Å². The highest BCUT2D eigenvalue weighted by molar-refractivity contribution is 6.01. The van der Waals surface area contributed by atoms with Gasteiger partial charge in [0.1, 0.15) is 5.75 Å². The minimum atomic E-state index is -0.503. The number of ether oxygens (including phenoxy) is 2. The van der Waals surface area contributed by atoms with Crippen LogP contribution in [0.15, 0.2) is 42.5 Å². The van der Waals surface area contributed by atoms with Crippen LogP contribution in [0.2, 0.25) is 0 Å². The Morgan fingerprint density at radius 2 is 1.83 bits per heavy atom.